The lowest BCUT2D eigenvalue weighted by Gasteiger charge is -2.32. The summed E-state index contributed by atoms with van der Waals surface area (Å²) in [5.41, 5.74) is 5.54. The summed E-state index contributed by atoms with van der Waals surface area (Å²) in [4.78, 5) is 6.74. The van der Waals surface area contributed by atoms with Crippen molar-refractivity contribution in [2.24, 2.45) is 0 Å². The normalized spacial score (nSPS) is 14.2. The standard InChI is InChI=1S/C17H21N3/c1-2-18-11-16-12-19-9-7-17(16)20-10-8-14-5-3-4-6-15(14)13-20/h3-7,9,12,18H,2,8,10-11,13H2,1H3. The zero-order valence-corrected chi connectivity index (χ0v) is 12.0. The molecule has 0 bridgehead atoms. The molecule has 0 unspecified atom stereocenters. The summed E-state index contributed by atoms with van der Waals surface area (Å²) in [5, 5.41) is 3.40. The summed E-state index contributed by atoms with van der Waals surface area (Å²) < 4.78 is 0. The highest BCUT2D eigenvalue weighted by atomic mass is 15.1. The van der Waals surface area contributed by atoms with Crippen LogP contribution < -0.4 is 10.2 Å². The fourth-order valence-electron chi connectivity index (χ4n) is 2.83. The molecule has 104 valence electrons. The van der Waals surface area contributed by atoms with E-state index < -0.39 is 0 Å². The third-order valence-corrected chi connectivity index (χ3v) is 3.91. The van der Waals surface area contributed by atoms with Crippen LogP contribution in [0.4, 0.5) is 5.69 Å². The summed E-state index contributed by atoms with van der Waals surface area (Å²) in [6, 6.07) is 10.9. The predicted octanol–water partition coefficient (Wildman–Crippen LogP) is 2.75. The Bertz CT molecular complexity index is 580. The molecule has 2 heterocycles. The number of hydrogen-bond donors (Lipinski definition) is 1. The van der Waals surface area contributed by atoms with Crippen LogP contribution in [0.5, 0.6) is 0 Å². The van der Waals surface area contributed by atoms with Gasteiger partial charge in [0.25, 0.3) is 0 Å². The molecule has 0 aliphatic carbocycles. The summed E-state index contributed by atoms with van der Waals surface area (Å²) in [6.45, 7) is 6.08. The Balaban J connectivity index is 1.84. The van der Waals surface area contributed by atoms with Gasteiger partial charge >= 0.3 is 0 Å². The highest BCUT2D eigenvalue weighted by Gasteiger charge is 2.18. The Morgan fingerprint density at radius 3 is 2.90 bits per heavy atom. The van der Waals surface area contributed by atoms with Gasteiger partial charge in [-0.2, -0.15) is 0 Å². The number of fused-ring (bicyclic) bond motifs is 1. The van der Waals surface area contributed by atoms with Crippen LogP contribution in [0, 0.1) is 0 Å². The second-order valence-corrected chi connectivity index (χ2v) is 5.22. The molecule has 0 radical (unpaired) electrons. The zero-order valence-electron chi connectivity index (χ0n) is 12.0. The van der Waals surface area contributed by atoms with Crippen molar-refractivity contribution in [3.8, 4) is 0 Å². The van der Waals surface area contributed by atoms with E-state index in [1.165, 1.54) is 22.4 Å². The molecule has 1 aliphatic heterocycles. The molecular weight excluding hydrogens is 246 g/mol. The van der Waals surface area contributed by atoms with E-state index in [1.54, 1.807) is 0 Å². The number of aromatic nitrogens is 1. The van der Waals surface area contributed by atoms with Crippen LogP contribution in [0.25, 0.3) is 0 Å². The van der Waals surface area contributed by atoms with Gasteiger partial charge in [0.1, 0.15) is 0 Å². The van der Waals surface area contributed by atoms with Crippen LogP contribution in [-0.4, -0.2) is 18.1 Å². The van der Waals surface area contributed by atoms with Crippen LogP contribution in [0.15, 0.2) is 42.7 Å². The van der Waals surface area contributed by atoms with Crippen molar-refractivity contribution in [3.63, 3.8) is 0 Å². The van der Waals surface area contributed by atoms with Crippen LogP contribution in [0.3, 0.4) is 0 Å². The minimum Gasteiger partial charge on any atom is -0.367 e. The first kappa shape index (κ1) is 13.1. The summed E-state index contributed by atoms with van der Waals surface area (Å²) in [5.74, 6) is 0. The Kier molecular flexibility index (Phi) is 3.97. The maximum atomic E-state index is 4.27. The fourth-order valence-corrected chi connectivity index (χ4v) is 2.83. The van der Waals surface area contributed by atoms with E-state index in [1.807, 2.05) is 12.4 Å². The summed E-state index contributed by atoms with van der Waals surface area (Å²) in [7, 11) is 0. The van der Waals surface area contributed by atoms with Crippen molar-refractivity contribution in [3.05, 3.63) is 59.4 Å². The Morgan fingerprint density at radius 2 is 2.05 bits per heavy atom. The molecule has 3 rings (SSSR count). The van der Waals surface area contributed by atoms with Crippen molar-refractivity contribution in [1.82, 2.24) is 10.3 Å². The Hall–Kier alpha value is -1.87. The van der Waals surface area contributed by atoms with Gasteiger partial charge < -0.3 is 10.2 Å². The monoisotopic (exact) mass is 267 g/mol. The highest BCUT2D eigenvalue weighted by molar-refractivity contribution is 5.54. The summed E-state index contributed by atoms with van der Waals surface area (Å²) in [6.07, 6.45) is 5.00. The molecule has 0 fully saturated rings. The molecule has 1 aromatic carbocycles. The van der Waals surface area contributed by atoms with Crippen molar-refractivity contribution in [2.45, 2.75) is 26.4 Å². The van der Waals surface area contributed by atoms with Crippen LogP contribution in [0.2, 0.25) is 0 Å². The van der Waals surface area contributed by atoms with E-state index in [0.717, 1.165) is 32.6 Å². The third kappa shape index (κ3) is 2.68. The number of hydrogen-bond acceptors (Lipinski definition) is 3. The van der Waals surface area contributed by atoms with E-state index in [0.29, 0.717) is 0 Å². The topological polar surface area (TPSA) is 28.2 Å². The number of rotatable bonds is 4. The van der Waals surface area contributed by atoms with Crippen LogP contribution in [-0.2, 0) is 19.5 Å². The fraction of sp³-hybridized carbons (Fsp3) is 0.353. The Morgan fingerprint density at radius 1 is 1.20 bits per heavy atom. The molecule has 20 heavy (non-hydrogen) atoms. The van der Waals surface area contributed by atoms with Crippen molar-refractivity contribution < 1.29 is 0 Å². The minimum absolute atomic E-state index is 0.887. The lowest BCUT2D eigenvalue weighted by molar-refractivity contribution is 0.698. The maximum Gasteiger partial charge on any atom is 0.0445 e. The second kappa shape index (κ2) is 6.06. The van der Waals surface area contributed by atoms with Gasteiger partial charge in [-0.05, 0) is 30.2 Å². The molecule has 0 spiro atoms. The van der Waals surface area contributed by atoms with Gasteiger partial charge in [-0.1, -0.05) is 31.2 Å². The van der Waals surface area contributed by atoms with Gasteiger partial charge in [-0.3, -0.25) is 4.98 Å². The van der Waals surface area contributed by atoms with Crippen LogP contribution >= 0.6 is 0 Å². The maximum absolute atomic E-state index is 4.27. The molecule has 0 atom stereocenters. The first-order valence-electron chi connectivity index (χ1n) is 7.34. The van der Waals surface area contributed by atoms with E-state index in [4.69, 9.17) is 0 Å². The molecule has 1 aliphatic rings. The first-order chi connectivity index (χ1) is 9.88. The smallest absolute Gasteiger partial charge is 0.0445 e. The van der Waals surface area contributed by atoms with Crippen molar-refractivity contribution >= 4 is 5.69 Å². The van der Waals surface area contributed by atoms with Gasteiger partial charge in [-0.15, -0.1) is 0 Å². The van der Waals surface area contributed by atoms with Crippen molar-refractivity contribution in [1.29, 1.82) is 0 Å². The van der Waals surface area contributed by atoms with Gasteiger partial charge in [0.05, 0.1) is 0 Å². The SMILES string of the molecule is CCNCc1cnccc1N1CCc2ccccc2C1. The number of nitrogens with one attached hydrogen (secondary N) is 1. The average molecular weight is 267 g/mol. The van der Waals surface area contributed by atoms with E-state index in [2.05, 4.69) is 52.5 Å². The largest absolute Gasteiger partial charge is 0.367 e. The van der Waals surface area contributed by atoms with E-state index in [-0.39, 0.29) is 0 Å². The average Bonchev–Trinajstić information content (AvgIpc) is 2.53. The van der Waals surface area contributed by atoms with Gasteiger partial charge in [0, 0.05) is 43.3 Å². The van der Waals surface area contributed by atoms with E-state index in [9.17, 15) is 0 Å². The minimum atomic E-state index is 0.887. The van der Waals surface area contributed by atoms with Crippen molar-refractivity contribution in [2.75, 3.05) is 18.0 Å². The van der Waals surface area contributed by atoms with Crippen LogP contribution in [0.1, 0.15) is 23.6 Å². The number of anilines is 1. The molecule has 2 aromatic rings. The lowest BCUT2D eigenvalue weighted by atomic mass is 9.99. The van der Waals surface area contributed by atoms with E-state index >= 15 is 0 Å². The predicted molar refractivity (Wildman–Crippen MR) is 82.8 cm³/mol. The van der Waals surface area contributed by atoms with Gasteiger partial charge in [0.2, 0.25) is 0 Å². The van der Waals surface area contributed by atoms with Gasteiger partial charge in [0.15, 0.2) is 0 Å². The number of benzene rings is 1. The molecule has 0 saturated heterocycles. The first-order valence-corrected chi connectivity index (χ1v) is 7.34. The number of pyridine rings is 1. The Labute approximate surface area is 120 Å². The van der Waals surface area contributed by atoms with Gasteiger partial charge in [-0.25, -0.2) is 0 Å². The molecule has 3 heteroatoms. The molecule has 1 N–H and O–H groups in total. The number of nitrogens with zero attached hydrogens (tertiary/aromatic N) is 2. The summed E-state index contributed by atoms with van der Waals surface area (Å²) >= 11 is 0. The highest BCUT2D eigenvalue weighted by Crippen LogP contribution is 2.26. The molecule has 0 saturated carbocycles. The third-order valence-electron chi connectivity index (χ3n) is 3.91. The quantitative estimate of drug-likeness (QED) is 0.923. The lowest BCUT2D eigenvalue weighted by Crippen LogP contribution is -2.31. The zero-order chi connectivity index (χ0) is 13.8. The second-order valence-electron chi connectivity index (χ2n) is 5.22. The molecule has 0 amide bonds. The molecular formula is C17H21N3. The molecule has 1 aromatic heterocycles. The molecule has 3 nitrogen and oxygen atoms in total.